The number of piperazine rings is 1. The van der Waals surface area contributed by atoms with Gasteiger partial charge < -0.3 is 14.4 Å². The van der Waals surface area contributed by atoms with E-state index in [1.165, 1.54) is 15.9 Å². The molecule has 1 saturated heterocycles. The summed E-state index contributed by atoms with van der Waals surface area (Å²) in [5.74, 6) is 0.969. The molecule has 0 unspecified atom stereocenters. The largest absolute Gasteiger partial charge is 0.490 e. The molecule has 4 rings (SSSR count). The molecule has 0 aliphatic carbocycles. The first-order chi connectivity index (χ1) is 15.5. The lowest BCUT2D eigenvalue weighted by atomic mass is 10.1. The Kier molecular flexibility index (Phi) is 7.01. The Morgan fingerprint density at radius 1 is 0.938 bits per heavy atom. The van der Waals surface area contributed by atoms with Crippen molar-refractivity contribution in [1.29, 1.82) is 0 Å². The fourth-order valence-corrected chi connectivity index (χ4v) is 5.40. The Bertz CT molecular complexity index is 1040. The van der Waals surface area contributed by atoms with E-state index >= 15 is 0 Å². The summed E-state index contributed by atoms with van der Waals surface area (Å²) in [5.41, 5.74) is 1.87. The summed E-state index contributed by atoms with van der Waals surface area (Å²) < 4.78 is 39.0. The molecular weight excluding hydrogens is 428 g/mol. The molecule has 1 amide bonds. The molecule has 7 nitrogen and oxygen atoms in total. The summed E-state index contributed by atoms with van der Waals surface area (Å²) in [4.78, 5) is 14.8. The fourth-order valence-electron chi connectivity index (χ4n) is 3.96. The number of unbranched alkanes of at least 4 members (excludes halogenated alkanes) is 1. The van der Waals surface area contributed by atoms with Crippen LogP contribution in [0.4, 0.5) is 0 Å². The average molecular weight is 459 g/mol. The zero-order valence-electron chi connectivity index (χ0n) is 18.5. The van der Waals surface area contributed by atoms with E-state index in [2.05, 4.69) is 6.92 Å². The van der Waals surface area contributed by atoms with Crippen molar-refractivity contribution in [3.8, 4) is 11.5 Å². The SMILES string of the molecule is CCCCc1ccc(C(=O)N2CCN(S(=O)(=O)c3ccc4c(c3)OCCCO4)CC2)cc1. The molecule has 0 N–H and O–H groups in total. The number of carbonyl (C=O) groups is 1. The quantitative estimate of drug-likeness (QED) is 0.664. The molecule has 2 heterocycles. The van der Waals surface area contributed by atoms with Gasteiger partial charge >= 0.3 is 0 Å². The summed E-state index contributed by atoms with van der Waals surface area (Å²) in [6.45, 7) is 4.45. The molecule has 0 saturated carbocycles. The van der Waals surface area contributed by atoms with Gasteiger partial charge in [0.1, 0.15) is 0 Å². The minimum absolute atomic E-state index is 0.0559. The fraction of sp³-hybridized carbons (Fsp3) is 0.458. The third kappa shape index (κ3) is 4.91. The second-order valence-electron chi connectivity index (χ2n) is 8.16. The molecule has 0 spiro atoms. The summed E-state index contributed by atoms with van der Waals surface area (Å²) in [7, 11) is -3.68. The van der Waals surface area contributed by atoms with Crippen LogP contribution in [-0.2, 0) is 16.4 Å². The van der Waals surface area contributed by atoms with Gasteiger partial charge in [-0.15, -0.1) is 0 Å². The van der Waals surface area contributed by atoms with Crippen molar-refractivity contribution in [2.45, 2.75) is 37.5 Å². The number of nitrogens with zero attached hydrogens (tertiary/aromatic N) is 2. The van der Waals surface area contributed by atoms with Crippen LogP contribution in [0.25, 0.3) is 0 Å². The number of carbonyl (C=O) groups excluding carboxylic acids is 1. The zero-order valence-corrected chi connectivity index (χ0v) is 19.3. The van der Waals surface area contributed by atoms with Gasteiger partial charge in [-0.25, -0.2) is 8.42 Å². The van der Waals surface area contributed by atoms with Crippen molar-refractivity contribution in [3.63, 3.8) is 0 Å². The van der Waals surface area contributed by atoms with Gasteiger partial charge in [0.2, 0.25) is 10.0 Å². The number of amides is 1. The van der Waals surface area contributed by atoms with Crippen molar-refractivity contribution in [3.05, 3.63) is 53.6 Å². The molecule has 0 atom stereocenters. The Morgan fingerprint density at radius 2 is 1.62 bits per heavy atom. The van der Waals surface area contributed by atoms with E-state index < -0.39 is 10.0 Å². The van der Waals surface area contributed by atoms with Gasteiger partial charge in [-0.2, -0.15) is 4.31 Å². The van der Waals surface area contributed by atoms with Gasteiger partial charge in [0.25, 0.3) is 5.91 Å². The van der Waals surface area contributed by atoms with E-state index in [-0.39, 0.29) is 23.9 Å². The lowest BCUT2D eigenvalue weighted by Gasteiger charge is -2.34. The minimum Gasteiger partial charge on any atom is -0.490 e. The molecule has 2 aliphatic rings. The third-order valence-corrected chi connectivity index (χ3v) is 7.80. The monoisotopic (exact) mass is 458 g/mol. The second-order valence-corrected chi connectivity index (χ2v) is 10.1. The highest BCUT2D eigenvalue weighted by Gasteiger charge is 2.31. The molecule has 2 aliphatic heterocycles. The number of hydrogen-bond acceptors (Lipinski definition) is 5. The van der Waals surface area contributed by atoms with Crippen LogP contribution in [0, 0.1) is 0 Å². The predicted molar refractivity (Wildman–Crippen MR) is 122 cm³/mol. The number of aryl methyl sites for hydroxylation is 1. The first-order valence-corrected chi connectivity index (χ1v) is 12.7. The first kappa shape index (κ1) is 22.6. The van der Waals surface area contributed by atoms with Crippen molar-refractivity contribution in [1.82, 2.24) is 9.21 Å². The molecule has 0 radical (unpaired) electrons. The summed E-state index contributed by atoms with van der Waals surface area (Å²) in [6.07, 6.45) is 4.04. The van der Waals surface area contributed by atoms with Gasteiger partial charge in [-0.3, -0.25) is 4.79 Å². The third-order valence-electron chi connectivity index (χ3n) is 5.90. The number of sulfonamides is 1. The summed E-state index contributed by atoms with van der Waals surface area (Å²) in [5, 5.41) is 0. The maximum absolute atomic E-state index is 13.2. The topological polar surface area (TPSA) is 76.2 Å². The molecule has 0 bridgehead atoms. The Morgan fingerprint density at radius 3 is 2.31 bits per heavy atom. The highest BCUT2D eigenvalue weighted by molar-refractivity contribution is 7.89. The van der Waals surface area contributed by atoms with E-state index in [9.17, 15) is 13.2 Å². The molecular formula is C24H30N2O5S. The molecule has 1 fully saturated rings. The summed E-state index contributed by atoms with van der Waals surface area (Å²) in [6, 6.07) is 12.5. The molecule has 172 valence electrons. The van der Waals surface area contributed by atoms with E-state index in [0.717, 1.165) is 25.7 Å². The smallest absolute Gasteiger partial charge is 0.253 e. The summed E-state index contributed by atoms with van der Waals surface area (Å²) >= 11 is 0. The highest BCUT2D eigenvalue weighted by Crippen LogP contribution is 2.33. The van der Waals surface area contributed by atoms with Gasteiger partial charge in [-0.05, 0) is 42.7 Å². The van der Waals surface area contributed by atoms with E-state index in [1.54, 1.807) is 17.0 Å². The zero-order chi connectivity index (χ0) is 22.6. The van der Waals surface area contributed by atoms with Gasteiger partial charge in [-0.1, -0.05) is 25.5 Å². The Labute approximate surface area is 190 Å². The van der Waals surface area contributed by atoms with Crippen LogP contribution in [0.15, 0.2) is 47.4 Å². The molecule has 0 aromatic heterocycles. The van der Waals surface area contributed by atoms with Crippen LogP contribution in [0.3, 0.4) is 0 Å². The Hall–Kier alpha value is -2.58. The number of benzene rings is 2. The molecule has 2 aromatic carbocycles. The van der Waals surface area contributed by atoms with Crippen molar-refractivity contribution >= 4 is 15.9 Å². The minimum atomic E-state index is -3.68. The molecule has 32 heavy (non-hydrogen) atoms. The lowest BCUT2D eigenvalue weighted by Crippen LogP contribution is -2.50. The average Bonchev–Trinajstić information content (AvgIpc) is 3.07. The van der Waals surface area contributed by atoms with Crippen LogP contribution >= 0.6 is 0 Å². The number of rotatable bonds is 6. The lowest BCUT2D eigenvalue weighted by molar-refractivity contribution is 0.0698. The predicted octanol–water partition coefficient (Wildman–Crippen LogP) is 3.34. The highest BCUT2D eigenvalue weighted by atomic mass is 32.2. The van der Waals surface area contributed by atoms with Crippen molar-refractivity contribution in [2.24, 2.45) is 0 Å². The van der Waals surface area contributed by atoms with E-state index in [1.807, 2.05) is 24.3 Å². The molecule has 8 heteroatoms. The number of hydrogen-bond donors (Lipinski definition) is 0. The van der Waals surface area contributed by atoms with Crippen LogP contribution in [-0.4, -0.2) is 62.9 Å². The van der Waals surface area contributed by atoms with Crippen molar-refractivity contribution in [2.75, 3.05) is 39.4 Å². The Balaban J connectivity index is 1.39. The maximum atomic E-state index is 13.2. The van der Waals surface area contributed by atoms with Gasteiger partial charge in [0, 0.05) is 44.2 Å². The number of ether oxygens (including phenoxy) is 2. The standard InChI is InChI=1S/C24H30N2O5S/c1-2-3-5-19-6-8-20(9-7-19)24(27)25-12-14-26(15-13-25)32(28,29)21-10-11-22-23(18-21)31-17-4-16-30-22/h6-11,18H,2-5,12-17H2,1H3. The maximum Gasteiger partial charge on any atom is 0.253 e. The van der Waals surface area contributed by atoms with E-state index in [4.69, 9.17) is 9.47 Å². The second kappa shape index (κ2) is 9.92. The number of fused-ring (bicyclic) bond motifs is 1. The first-order valence-electron chi connectivity index (χ1n) is 11.3. The van der Waals surface area contributed by atoms with Crippen LogP contribution in [0.2, 0.25) is 0 Å². The van der Waals surface area contributed by atoms with Crippen LogP contribution < -0.4 is 9.47 Å². The molecule has 2 aromatic rings. The van der Waals surface area contributed by atoms with Gasteiger partial charge in [0.15, 0.2) is 11.5 Å². The van der Waals surface area contributed by atoms with Gasteiger partial charge in [0.05, 0.1) is 18.1 Å². The normalized spacial score (nSPS) is 17.1. The van der Waals surface area contributed by atoms with Crippen molar-refractivity contribution < 1.29 is 22.7 Å². The van der Waals surface area contributed by atoms with Crippen LogP contribution in [0.1, 0.15) is 42.1 Å². The van der Waals surface area contributed by atoms with Crippen LogP contribution in [0.5, 0.6) is 11.5 Å². The van der Waals surface area contributed by atoms with E-state index in [0.29, 0.717) is 43.4 Å².